The molecule has 3 heteroatoms. The molecule has 0 heterocycles. The van der Waals surface area contributed by atoms with Crippen molar-refractivity contribution in [2.24, 2.45) is 0 Å². The van der Waals surface area contributed by atoms with Crippen molar-refractivity contribution < 1.29 is 4.55 Å². The molecule has 0 rings (SSSR count). The van der Waals surface area contributed by atoms with Crippen LogP contribution in [0.1, 0.15) is 6.92 Å². The van der Waals surface area contributed by atoms with Gasteiger partial charge in [-0.2, -0.15) is 0 Å². The van der Waals surface area contributed by atoms with E-state index in [9.17, 15) is 4.55 Å². The molecule has 0 aliphatic rings. The minimum absolute atomic E-state index is 0.777. The summed E-state index contributed by atoms with van der Waals surface area (Å²) in [6.45, 7) is 2.82. The summed E-state index contributed by atoms with van der Waals surface area (Å²) in [5.74, 6) is 0. The molecule has 0 aromatic heterocycles. The molecule has 7 heavy (non-hydrogen) atoms. The Hall–Kier alpha value is 0.270. The lowest BCUT2D eigenvalue weighted by molar-refractivity contribution is 0.492. The van der Waals surface area contributed by atoms with Crippen molar-refractivity contribution >= 4 is 11.4 Å². The van der Waals surface area contributed by atoms with Gasteiger partial charge in [-0.05, 0) is 6.92 Å². The standard InChI is InChI=1S/C4H11NOS/c1-4-5(2)7(3)6/h4H2,1-3H3. The number of hydrogen-bond acceptors (Lipinski definition) is 2. The third-order valence-electron chi connectivity index (χ3n) is 0.884. The van der Waals surface area contributed by atoms with Crippen LogP contribution >= 0.6 is 0 Å². The maximum Gasteiger partial charge on any atom is 0.115 e. The quantitative estimate of drug-likeness (QED) is 0.489. The van der Waals surface area contributed by atoms with Crippen LogP contribution in [0.5, 0.6) is 0 Å². The van der Waals surface area contributed by atoms with E-state index in [2.05, 4.69) is 0 Å². The van der Waals surface area contributed by atoms with Gasteiger partial charge in [-0.25, -0.2) is 0 Å². The number of rotatable bonds is 2. The van der Waals surface area contributed by atoms with Crippen LogP contribution in [-0.2, 0) is 11.4 Å². The van der Waals surface area contributed by atoms with E-state index in [0.717, 1.165) is 6.54 Å². The van der Waals surface area contributed by atoms with Crippen molar-refractivity contribution in [2.45, 2.75) is 6.92 Å². The predicted molar refractivity (Wildman–Crippen MR) is 32.4 cm³/mol. The van der Waals surface area contributed by atoms with E-state index in [1.807, 2.05) is 14.0 Å². The van der Waals surface area contributed by atoms with Gasteiger partial charge in [0, 0.05) is 25.0 Å². The van der Waals surface area contributed by atoms with Crippen molar-refractivity contribution in [1.82, 2.24) is 4.31 Å². The van der Waals surface area contributed by atoms with Crippen molar-refractivity contribution in [3.05, 3.63) is 0 Å². The summed E-state index contributed by atoms with van der Waals surface area (Å²) in [6.07, 6.45) is 1.67. The maximum absolute atomic E-state index is 10.4. The Kier molecular flexibility index (Phi) is 3.42. The van der Waals surface area contributed by atoms with Gasteiger partial charge in [-0.1, -0.05) is 0 Å². The van der Waals surface area contributed by atoms with E-state index < -0.39 is 11.4 Å². The second-order valence-electron chi connectivity index (χ2n) is 1.37. The van der Waals surface area contributed by atoms with Crippen molar-refractivity contribution in [3.63, 3.8) is 0 Å². The van der Waals surface area contributed by atoms with Gasteiger partial charge in [0.1, 0.15) is 6.26 Å². The predicted octanol–water partition coefficient (Wildman–Crippen LogP) is 0.232. The van der Waals surface area contributed by atoms with E-state index in [1.165, 1.54) is 0 Å². The Bertz CT molecular complexity index is 49.0. The van der Waals surface area contributed by atoms with Crippen LogP contribution in [0.15, 0.2) is 0 Å². The minimum Gasteiger partial charge on any atom is -0.598 e. The lowest BCUT2D eigenvalue weighted by Crippen LogP contribution is -2.24. The van der Waals surface area contributed by atoms with Gasteiger partial charge in [-0.15, -0.1) is 4.31 Å². The molecule has 0 aromatic rings. The van der Waals surface area contributed by atoms with Crippen molar-refractivity contribution in [2.75, 3.05) is 19.8 Å². The fourth-order valence-electron chi connectivity index (χ4n) is 0.182. The van der Waals surface area contributed by atoms with Crippen LogP contribution in [-0.4, -0.2) is 28.7 Å². The summed E-state index contributed by atoms with van der Waals surface area (Å²) in [6, 6.07) is 0. The largest absolute Gasteiger partial charge is 0.598 e. The normalized spacial score (nSPS) is 15.0. The highest BCUT2D eigenvalue weighted by atomic mass is 32.2. The molecular weight excluding hydrogens is 110 g/mol. The molecule has 0 radical (unpaired) electrons. The van der Waals surface area contributed by atoms with Gasteiger partial charge in [0.25, 0.3) is 0 Å². The SMILES string of the molecule is CCN(C)[S+](C)[O-]. The summed E-state index contributed by atoms with van der Waals surface area (Å²) in [7, 11) is 1.83. The van der Waals surface area contributed by atoms with E-state index in [-0.39, 0.29) is 0 Å². The molecule has 0 aliphatic carbocycles. The van der Waals surface area contributed by atoms with Crippen LogP contribution in [0.25, 0.3) is 0 Å². The second kappa shape index (κ2) is 3.29. The van der Waals surface area contributed by atoms with Gasteiger partial charge in [0.05, 0.1) is 0 Å². The molecule has 2 nitrogen and oxygen atoms in total. The Morgan fingerprint density at radius 3 is 2.14 bits per heavy atom. The van der Waals surface area contributed by atoms with E-state index >= 15 is 0 Å². The third-order valence-corrected chi connectivity index (χ3v) is 2.02. The smallest absolute Gasteiger partial charge is 0.115 e. The average Bonchev–Trinajstić information content (AvgIpc) is 1.65. The zero-order valence-electron chi connectivity index (χ0n) is 4.97. The summed E-state index contributed by atoms with van der Waals surface area (Å²) >= 11 is -0.777. The summed E-state index contributed by atoms with van der Waals surface area (Å²) in [5.41, 5.74) is 0. The van der Waals surface area contributed by atoms with Gasteiger partial charge in [0.15, 0.2) is 0 Å². The lowest BCUT2D eigenvalue weighted by Gasteiger charge is -2.13. The molecule has 0 fully saturated rings. The first-order valence-corrected chi connectivity index (χ1v) is 3.74. The lowest BCUT2D eigenvalue weighted by atomic mass is 10.8. The Morgan fingerprint density at radius 2 is 2.14 bits per heavy atom. The molecule has 0 bridgehead atoms. The van der Waals surface area contributed by atoms with Crippen LogP contribution in [0.4, 0.5) is 0 Å². The fraction of sp³-hybridized carbons (Fsp3) is 1.00. The Labute approximate surface area is 47.8 Å². The first-order chi connectivity index (χ1) is 3.18. The topological polar surface area (TPSA) is 26.3 Å². The molecule has 0 saturated heterocycles. The zero-order chi connectivity index (χ0) is 5.86. The Morgan fingerprint density at radius 1 is 1.71 bits per heavy atom. The maximum atomic E-state index is 10.4. The molecule has 0 saturated carbocycles. The summed E-state index contributed by atoms with van der Waals surface area (Å²) < 4.78 is 12.2. The number of nitrogens with zero attached hydrogens (tertiary/aromatic N) is 1. The van der Waals surface area contributed by atoms with E-state index in [1.54, 1.807) is 10.6 Å². The highest BCUT2D eigenvalue weighted by molar-refractivity contribution is 7.88. The van der Waals surface area contributed by atoms with E-state index in [0.29, 0.717) is 0 Å². The van der Waals surface area contributed by atoms with Gasteiger partial charge in [-0.3, -0.25) is 0 Å². The Balaban J connectivity index is 3.14. The average molecular weight is 121 g/mol. The molecular formula is C4H11NOS. The first kappa shape index (κ1) is 7.27. The number of hydrogen-bond donors (Lipinski definition) is 0. The van der Waals surface area contributed by atoms with Gasteiger partial charge < -0.3 is 4.55 Å². The molecule has 0 aliphatic heterocycles. The molecule has 0 N–H and O–H groups in total. The van der Waals surface area contributed by atoms with E-state index in [4.69, 9.17) is 0 Å². The van der Waals surface area contributed by atoms with Gasteiger partial charge in [0.2, 0.25) is 0 Å². The van der Waals surface area contributed by atoms with Crippen LogP contribution in [0.2, 0.25) is 0 Å². The molecule has 1 unspecified atom stereocenters. The van der Waals surface area contributed by atoms with Crippen LogP contribution in [0.3, 0.4) is 0 Å². The highest BCUT2D eigenvalue weighted by Crippen LogP contribution is 1.88. The zero-order valence-corrected chi connectivity index (χ0v) is 5.79. The van der Waals surface area contributed by atoms with Crippen LogP contribution < -0.4 is 0 Å². The van der Waals surface area contributed by atoms with Crippen molar-refractivity contribution in [1.29, 1.82) is 0 Å². The summed E-state index contributed by atoms with van der Waals surface area (Å²) in [5, 5.41) is 0. The second-order valence-corrected chi connectivity index (χ2v) is 2.84. The first-order valence-electron chi connectivity index (χ1n) is 2.23. The molecule has 1 atom stereocenters. The molecule has 0 aromatic carbocycles. The monoisotopic (exact) mass is 121 g/mol. The third kappa shape index (κ3) is 2.91. The summed E-state index contributed by atoms with van der Waals surface area (Å²) in [4.78, 5) is 0. The fourth-order valence-corrected chi connectivity index (χ4v) is 0.545. The van der Waals surface area contributed by atoms with Gasteiger partial charge >= 0.3 is 0 Å². The molecule has 0 amide bonds. The molecule has 44 valence electrons. The van der Waals surface area contributed by atoms with Crippen molar-refractivity contribution in [3.8, 4) is 0 Å². The van der Waals surface area contributed by atoms with Crippen LogP contribution in [0, 0.1) is 0 Å². The molecule has 0 spiro atoms. The minimum atomic E-state index is -0.777. The highest BCUT2D eigenvalue weighted by Gasteiger charge is 2.01.